The number of hydrogen-bond donors (Lipinski definition) is 1. The molecule has 0 bridgehead atoms. The third-order valence-corrected chi connectivity index (χ3v) is 6.02. The highest BCUT2D eigenvalue weighted by Crippen LogP contribution is 2.37. The molecule has 2 aromatic rings. The van der Waals surface area contributed by atoms with Crippen molar-refractivity contribution >= 4 is 5.91 Å². The number of nitrogens with zero attached hydrogens (tertiary/aromatic N) is 2. The predicted octanol–water partition coefficient (Wildman–Crippen LogP) is 1.98. The fraction of sp³-hybridized carbons (Fsp3) is 0.455. The van der Waals surface area contributed by atoms with Crippen LogP contribution in [0.5, 0.6) is 11.5 Å². The lowest BCUT2D eigenvalue weighted by atomic mass is 9.86. The van der Waals surface area contributed by atoms with Crippen LogP contribution in [-0.4, -0.2) is 46.5 Å². The number of ether oxygens (including phenoxy) is 2. The number of amides is 1. The second kappa shape index (κ2) is 7.55. The van der Waals surface area contributed by atoms with Crippen LogP contribution in [0.3, 0.4) is 0 Å². The Morgan fingerprint density at radius 2 is 2.00 bits per heavy atom. The van der Waals surface area contributed by atoms with Crippen LogP contribution < -0.4 is 15.0 Å². The molecule has 1 aromatic carbocycles. The summed E-state index contributed by atoms with van der Waals surface area (Å²) in [6.45, 7) is 4.78. The van der Waals surface area contributed by atoms with Crippen LogP contribution in [0, 0.1) is 6.92 Å². The smallest absolute Gasteiger partial charge is 0.263 e. The molecule has 1 amide bonds. The van der Waals surface area contributed by atoms with E-state index >= 15 is 0 Å². The van der Waals surface area contributed by atoms with Gasteiger partial charge in [0.15, 0.2) is 11.5 Å². The van der Waals surface area contributed by atoms with Crippen molar-refractivity contribution in [3.63, 3.8) is 0 Å². The number of rotatable bonds is 3. The molecule has 1 N–H and O–H groups in total. The number of likely N-dealkylation sites (tertiary alicyclic amines) is 1. The zero-order valence-corrected chi connectivity index (χ0v) is 17.0. The SMILES string of the molecule is CCc1c(C)cc(C(=O)N2CC[C@@H](c3ccc4c(c3)OCO4)[C@H](O)C2)c(=O)n1C. The van der Waals surface area contributed by atoms with Gasteiger partial charge >= 0.3 is 0 Å². The highest BCUT2D eigenvalue weighted by atomic mass is 16.7. The number of pyridine rings is 1. The van der Waals surface area contributed by atoms with Gasteiger partial charge < -0.3 is 24.0 Å². The van der Waals surface area contributed by atoms with Crippen molar-refractivity contribution in [3.8, 4) is 11.5 Å². The fourth-order valence-electron chi connectivity index (χ4n) is 4.42. The van der Waals surface area contributed by atoms with E-state index in [4.69, 9.17) is 9.47 Å². The van der Waals surface area contributed by atoms with Crippen molar-refractivity contribution in [1.82, 2.24) is 9.47 Å². The number of aliphatic hydroxyl groups excluding tert-OH is 1. The molecular weight excluding hydrogens is 372 g/mol. The summed E-state index contributed by atoms with van der Waals surface area (Å²) in [6, 6.07) is 7.36. The number of benzene rings is 1. The van der Waals surface area contributed by atoms with E-state index in [1.807, 2.05) is 32.0 Å². The van der Waals surface area contributed by atoms with E-state index in [1.54, 1.807) is 22.6 Å². The Labute approximate surface area is 169 Å². The standard InChI is InChI=1S/C22H26N2O5/c1-4-17-13(2)9-16(21(26)23(17)3)22(27)24-8-7-15(18(25)11-24)14-5-6-19-20(10-14)29-12-28-19/h5-6,9-10,15,18,25H,4,7-8,11-12H2,1-3H3/t15-,18+/m0/s1. The van der Waals surface area contributed by atoms with Crippen molar-refractivity contribution in [2.45, 2.75) is 38.7 Å². The quantitative estimate of drug-likeness (QED) is 0.855. The Morgan fingerprint density at radius 1 is 1.24 bits per heavy atom. The van der Waals surface area contributed by atoms with E-state index in [2.05, 4.69) is 0 Å². The maximum Gasteiger partial charge on any atom is 0.263 e. The Bertz CT molecular complexity index is 1010. The molecule has 1 aromatic heterocycles. The van der Waals surface area contributed by atoms with Crippen molar-refractivity contribution in [2.24, 2.45) is 7.05 Å². The van der Waals surface area contributed by atoms with E-state index in [-0.39, 0.29) is 36.3 Å². The van der Waals surface area contributed by atoms with Gasteiger partial charge in [-0.1, -0.05) is 13.0 Å². The van der Waals surface area contributed by atoms with Crippen molar-refractivity contribution in [3.05, 3.63) is 57.0 Å². The molecule has 154 valence electrons. The molecule has 1 saturated heterocycles. The molecule has 3 heterocycles. The lowest BCUT2D eigenvalue weighted by Gasteiger charge is -2.36. The zero-order valence-electron chi connectivity index (χ0n) is 17.0. The largest absolute Gasteiger partial charge is 0.454 e. The molecule has 7 nitrogen and oxygen atoms in total. The third kappa shape index (κ3) is 3.40. The first-order valence-corrected chi connectivity index (χ1v) is 9.97. The first-order chi connectivity index (χ1) is 13.9. The van der Waals surface area contributed by atoms with Gasteiger partial charge in [-0.15, -0.1) is 0 Å². The van der Waals surface area contributed by atoms with Crippen LogP contribution in [0.4, 0.5) is 0 Å². The van der Waals surface area contributed by atoms with Gasteiger partial charge in [-0.3, -0.25) is 9.59 Å². The van der Waals surface area contributed by atoms with Crippen molar-refractivity contribution < 1.29 is 19.4 Å². The number of fused-ring (bicyclic) bond motifs is 1. The minimum Gasteiger partial charge on any atom is -0.454 e. The highest BCUT2D eigenvalue weighted by molar-refractivity contribution is 5.94. The van der Waals surface area contributed by atoms with Gasteiger partial charge in [0.2, 0.25) is 6.79 Å². The summed E-state index contributed by atoms with van der Waals surface area (Å²) < 4.78 is 12.3. The summed E-state index contributed by atoms with van der Waals surface area (Å²) in [4.78, 5) is 27.3. The van der Waals surface area contributed by atoms with Crippen molar-refractivity contribution in [2.75, 3.05) is 19.9 Å². The molecule has 0 saturated carbocycles. The van der Waals surface area contributed by atoms with E-state index in [0.717, 1.165) is 23.2 Å². The Morgan fingerprint density at radius 3 is 2.72 bits per heavy atom. The molecule has 4 rings (SSSR count). The summed E-state index contributed by atoms with van der Waals surface area (Å²) in [6.07, 6.45) is 0.623. The minimum absolute atomic E-state index is 0.0967. The second-order valence-corrected chi connectivity index (χ2v) is 7.73. The lowest BCUT2D eigenvalue weighted by Crippen LogP contribution is -2.47. The van der Waals surface area contributed by atoms with Gasteiger partial charge in [0, 0.05) is 31.7 Å². The zero-order chi connectivity index (χ0) is 20.7. The van der Waals surface area contributed by atoms with E-state index < -0.39 is 6.10 Å². The maximum absolute atomic E-state index is 13.0. The van der Waals surface area contributed by atoms with Crippen LogP contribution in [0.25, 0.3) is 0 Å². The minimum atomic E-state index is -0.715. The molecule has 2 aliphatic rings. The number of aliphatic hydroxyl groups is 1. The molecule has 29 heavy (non-hydrogen) atoms. The number of aromatic nitrogens is 1. The first-order valence-electron chi connectivity index (χ1n) is 9.97. The normalized spacial score (nSPS) is 20.8. The van der Waals surface area contributed by atoms with Crippen LogP contribution >= 0.6 is 0 Å². The highest BCUT2D eigenvalue weighted by Gasteiger charge is 2.33. The molecule has 0 spiro atoms. The van der Waals surface area contributed by atoms with E-state index in [0.29, 0.717) is 24.5 Å². The van der Waals surface area contributed by atoms with Crippen molar-refractivity contribution in [1.29, 1.82) is 0 Å². The maximum atomic E-state index is 13.0. The van der Waals surface area contributed by atoms with Gasteiger partial charge in [-0.25, -0.2) is 0 Å². The molecule has 0 aliphatic carbocycles. The number of β-amino-alcohol motifs (C(OH)–C–C–N with tert-alkyl or cyclic N) is 1. The summed E-state index contributed by atoms with van der Waals surface area (Å²) in [5, 5.41) is 10.7. The number of aryl methyl sites for hydroxylation is 1. The summed E-state index contributed by atoms with van der Waals surface area (Å²) in [7, 11) is 1.70. The van der Waals surface area contributed by atoms with Crippen LogP contribution in [-0.2, 0) is 13.5 Å². The van der Waals surface area contributed by atoms with Crippen LogP contribution in [0.1, 0.15) is 46.4 Å². The van der Waals surface area contributed by atoms with Gasteiger partial charge in [0.25, 0.3) is 11.5 Å². The third-order valence-electron chi connectivity index (χ3n) is 6.02. The predicted molar refractivity (Wildman–Crippen MR) is 108 cm³/mol. The molecular formula is C22H26N2O5. The fourth-order valence-corrected chi connectivity index (χ4v) is 4.42. The molecule has 7 heteroatoms. The lowest BCUT2D eigenvalue weighted by molar-refractivity contribution is 0.0380. The van der Waals surface area contributed by atoms with Gasteiger partial charge in [0.1, 0.15) is 5.56 Å². The molecule has 0 unspecified atom stereocenters. The first kappa shape index (κ1) is 19.5. The van der Waals surface area contributed by atoms with E-state index in [9.17, 15) is 14.7 Å². The summed E-state index contributed by atoms with van der Waals surface area (Å²) in [5.74, 6) is 0.973. The second-order valence-electron chi connectivity index (χ2n) is 7.73. The van der Waals surface area contributed by atoms with E-state index in [1.165, 1.54) is 0 Å². The monoisotopic (exact) mass is 398 g/mol. The number of hydrogen-bond acceptors (Lipinski definition) is 5. The molecule has 2 atom stereocenters. The average Bonchev–Trinajstić information content (AvgIpc) is 3.18. The molecule has 0 radical (unpaired) electrons. The Hall–Kier alpha value is -2.80. The average molecular weight is 398 g/mol. The molecule has 1 fully saturated rings. The molecule has 2 aliphatic heterocycles. The summed E-state index contributed by atoms with van der Waals surface area (Å²) >= 11 is 0. The van der Waals surface area contributed by atoms with Crippen LogP contribution in [0.15, 0.2) is 29.1 Å². The van der Waals surface area contributed by atoms with Gasteiger partial charge in [-0.2, -0.15) is 0 Å². The topological polar surface area (TPSA) is 81.0 Å². The number of carbonyl (C=O) groups is 1. The Balaban J connectivity index is 1.53. The van der Waals surface area contributed by atoms with Crippen LogP contribution in [0.2, 0.25) is 0 Å². The number of carbonyl (C=O) groups excluding carboxylic acids is 1. The summed E-state index contributed by atoms with van der Waals surface area (Å²) in [5.41, 5.74) is 2.69. The van der Waals surface area contributed by atoms with Gasteiger partial charge in [0.05, 0.1) is 6.10 Å². The number of piperidine rings is 1. The van der Waals surface area contributed by atoms with Gasteiger partial charge in [-0.05, 0) is 49.1 Å². The Kier molecular flexibility index (Phi) is 5.08.